The number of carbonyl (C=O) groups is 1. The lowest BCUT2D eigenvalue weighted by Crippen LogP contribution is -2.56. The highest BCUT2D eigenvalue weighted by Gasteiger charge is 2.26. The lowest BCUT2D eigenvalue weighted by Gasteiger charge is -2.39. The van der Waals surface area contributed by atoms with Crippen molar-refractivity contribution in [3.05, 3.63) is 66.1 Å². The van der Waals surface area contributed by atoms with E-state index in [1.54, 1.807) is 12.3 Å². The molecule has 3 heterocycles. The first-order valence-corrected chi connectivity index (χ1v) is 12.9. The van der Waals surface area contributed by atoms with Crippen molar-refractivity contribution in [1.29, 1.82) is 0 Å². The van der Waals surface area contributed by atoms with Crippen molar-refractivity contribution in [2.24, 2.45) is 0 Å². The molecule has 1 saturated heterocycles. The number of carbonyl (C=O) groups excluding carboxylic acids is 1. The number of piperazine rings is 1. The fourth-order valence-corrected chi connectivity index (χ4v) is 4.90. The van der Waals surface area contributed by atoms with Gasteiger partial charge in [0.2, 0.25) is 0 Å². The molecule has 2 aromatic carbocycles. The van der Waals surface area contributed by atoms with Crippen LogP contribution in [0.15, 0.2) is 48.9 Å². The zero-order chi connectivity index (χ0) is 29.1. The summed E-state index contributed by atoms with van der Waals surface area (Å²) in [7, 11) is 2.53. The van der Waals surface area contributed by atoms with E-state index in [9.17, 15) is 4.79 Å². The number of nitrogens with zero attached hydrogens (tertiary/aromatic N) is 4. The average molecular weight is 565 g/mol. The van der Waals surface area contributed by atoms with E-state index in [-0.39, 0.29) is 39.4 Å². The number of hydrogen-bond acceptors (Lipinski definition) is 9. The number of benzene rings is 2. The Hall–Kier alpha value is -4.42. The maximum atomic E-state index is 15.2. The van der Waals surface area contributed by atoms with Crippen molar-refractivity contribution in [1.82, 2.24) is 25.2 Å². The van der Waals surface area contributed by atoms with E-state index in [1.165, 1.54) is 38.7 Å². The summed E-state index contributed by atoms with van der Waals surface area (Å²) in [6, 6.07) is 7.51. The second-order valence-corrected chi connectivity index (χ2v) is 10.2. The predicted octanol–water partition coefficient (Wildman–Crippen LogP) is 4.78. The first kappa shape index (κ1) is 28.1. The van der Waals surface area contributed by atoms with Crippen molar-refractivity contribution < 1.29 is 27.8 Å². The Labute approximate surface area is 235 Å². The molecular formula is C29H30F2N6O4. The normalized spacial score (nSPS) is 15.0. The standard InChI is InChI=1S/C29H30F2N6O4/c1-29(2)16-37(12-11-35-29)15-17-5-8-22(34-14-17)36-28(38)41-19-7-6-18(26-27(19)33-10-9-32-26)23-24(30)20(39-3)13-21(40-4)25(23)31/h5-10,13-14,35H,11-12,15-16H2,1-4H3,(H,34,36,38). The number of methoxy groups -OCH3 is 2. The number of pyridine rings is 1. The Bertz CT molecular complexity index is 1550. The zero-order valence-corrected chi connectivity index (χ0v) is 23.1. The molecule has 10 nitrogen and oxygen atoms in total. The molecular weight excluding hydrogens is 534 g/mol. The third kappa shape index (κ3) is 6.03. The van der Waals surface area contributed by atoms with Gasteiger partial charge < -0.3 is 19.5 Å². The number of anilines is 1. The highest BCUT2D eigenvalue weighted by molar-refractivity contribution is 5.97. The van der Waals surface area contributed by atoms with Gasteiger partial charge in [0.1, 0.15) is 16.9 Å². The van der Waals surface area contributed by atoms with Crippen molar-refractivity contribution in [2.45, 2.75) is 25.9 Å². The Morgan fingerprint density at radius 3 is 2.34 bits per heavy atom. The molecule has 2 aromatic heterocycles. The number of hydrogen-bond donors (Lipinski definition) is 2. The maximum Gasteiger partial charge on any atom is 0.418 e. The van der Waals surface area contributed by atoms with Crippen molar-refractivity contribution >= 4 is 22.9 Å². The molecule has 1 aliphatic rings. The van der Waals surface area contributed by atoms with Gasteiger partial charge in [0.25, 0.3) is 0 Å². The Morgan fingerprint density at radius 2 is 1.71 bits per heavy atom. The molecule has 0 spiro atoms. The van der Waals surface area contributed by atoms with E-state index in [2.05, 4.69) is 44.3 Å². The minimum absolute atomic E-state index is 0.0444. The van der Waals surface area contributed by atoms with Crippen LogP contribution in [0.25, 0.3) is 22.2 Å². The quantitative estimate of drug-likeness (QED) is 0.328. The summed E-state index contributed by atoms with van der Waals surface area (Å²) in [5.74, 6) is -1.92. The van der Waals surface area contributed by atoms with Crippen LogP contribution in [0, 0.1) is 11.6 Å². The van der Waals surface area contributed by atoms with Crippen molar-refractivity contribution in [3.63, 3.8) is 0 Å². The van der Waals surface area contributed by atoms with E-state index in [1.807, 2.05) is 6.07 Å². The molecule has 5 rings (SSSR count). The highest BCUT2D eigenvalue weighted by Crippen LogP contribution is 2.41. The lowest BCUT2D eigenvalue weighted by molar-refractivity contribution is 0.148. The molecule has 41 heavy (non-hydrogen) atoms. The Morgan fingerprint density at radius 1 is 1.00 bits per heavy atom. The summed E-state index contributed by atoms with van der Waals surface area (Å²) < 4.78 is 46.1. The highest BCUT2D eigenvalue weighted by atomic mass is 19.1. The number of halogens is 2. The van der Waals surface area contributed by atoms with Gasteiger partial charge in [-0.25, -0.2) is 23.5 Å². The molecule has 0 radical (unpaired) electrons. The second-order valence-electron chi connectivity index (χ2n) is 10.2. The molecule has 1 amide bonds. The second kappa shape index (κ2) is 11.6. The SMILES string of the molecule is COc1cc(OC)c(F)c(-c2ccc(OC(=O)Nc3ccc(CN4CCNC(C)(C)C4)cn3)c3nccnc23)c1F. The third-order valence-electron chi connectivity index (χ3n) is 6.75. The van der Waals surface area contributed by atoms with Gasteiger partial charge in [0.05, 0.1) is 19.8 Å². The molecule has 12 heteroatoms. The van der Waals surface area contributed by atoms with Crippen LogP contribution in [-0.2, 0) is 6.54 Å². The van der Waals surface area contributed by atoms with Crippen LogP contribution in [0.3, 0.4) is 0 Å². The molecule has 1 aliphatic heterocycles. The number of fused-ring (bicyclic) bond motifs is 1. The van der Waals surface area contributed by atoms with Crippen LogP contribution >= 0.6 is 0 Å². The first-order chi connectivity index (χ1) is 19.7. The van der Waals surface area contributed by atoms with Gasteiger partial charge in [0.15, 0.2) is 28.9 Å². The van der Waals surface area contributed by atoms with E-state index in [4.69, 9.17) is 14.2 Å². The number of aromatic nitrogens is 3. The molecule has 0 bridgehead atoms. The first-order valence-electron chi connectivity index (χ1n) is 12.9. The molecule has 0 atom stereocenters. The fourth-order valence-electron chi connectivity index (χ4n) is 4.90. The van der Waals surface area contributed by atoms with E-state index in [0.29, 0.717) is 5.82 Å². The Kier molecular flexibility index (Phi) is 7.95. The third-order valence-corrected chi connectivity index (χ3v) is 6.75. The van der Waals surface area contributed by atoms with E-state index < -0.39 is 23.3 Å². The summed E-state index contributed by atoms with van der Waals surface area (Å²) in [5, 5.41) is 6.09. The number of amides is 1. The number of nitrogens with one attached hydrogen (secondary N) is 2. The van der Waals surface area contributed by atoms with Crippen LogP contribution in [0.1, 0.15) is 19.4 Å². The van der Waals surface area contributed by atoms with Gasteiger partial charge in [0, 0.05) is 61.9 Å². The molecule has 1 fully saturated rings. The van der Waals surface area contributed by atoms with Crippen LogP contribution in [-0.4, -0.2) is 65.3 Å². The maximum absolute atomic E-state index is 15.2. The largest absolute Gasteiger partial charge is 0.494 e. The van der Waals surface area contributed by atoms with Crippen LogP contribution < -0.4 is 24.8 Å². The lowest BCUT2D eigenvalue weighted by atomic mass is 10.0. The molecule has 2 N–H and O–H groups in total. The zero-order valence-electron chi connectivity index (χ0n) is 23.1. The molecule has 214 valence electrons. The fraction of sp³-hybridized carbons (Fsp3) is 0.310. The van der Waals surface area contributed by atoms with Crippen molar-refractivity contribution in [3.8, 4) is 28.4 Å². The van der Waals surface area contributed by atoms with Gasteiger partial charge in [-0.1, -0.05) is 6.07 Å². The summed E-state index contributed by atoms with van der Waals surface area (Å²) in [4.78, 5) is 27.9. The number of rotatable bonds is 7. The summed E-state index contributed by atoms with van der Waals surface area (Å²) in [6.45, 7) is 7.87. The summed E-state index contributed by atoms with van der Waals surface area (Å²) >= 11 is 0. The average Bonchev–Trinajstić information content (AvgIpc) is 2.95. The number of ether oxygens (including phenoxy) is 3. The van der Waals surface area contributed by atoms with Crippen molar-refractivity contribution in [2.75, 3.05) is 39.2 Å². The summed E-state index contributed by atoms with van der Waals surface area (Å²) in [5.41, 5.74) is 0.987. The topological polar surface area (TPSA) is 111 Å². The molecule has 0 aliphatic carbocycles. The van der Waals surface area contributed by atoms with Crippen LogP contribution in [0.5, 0.6) is 17.2 Å². The molecule has 0 saturated carbocycles. The van der Waals surface area contributed by atoms with Gasteiger partial charge in [-0.2, -0.15) is 0 Å². The predicted molar refractivity (Wildman–Crippen MR) is 149 cm³/mol. The van der Waals surface area contributed by atoms with E-state index >= 15 is 8.78 Å². The van der Waals surface area contributed by atoms with Crippen LogP contribution in [0.2, 0.25) is 0 Å². The minimum atomic E-state index is -0.931. The smallest absolute Gasteiger partial charge is 0.418 e. The molecule has 0 unspecified atom stereocenters. The van der Waals surface area contributed by atoms with Gasteiger partial charge in [-0.3, -0.25) is 15.2 Å². The summed E-state index contributed by atoms with van der Waals surface area (Å²) in [6.07, 6.45) is 3.66. The van der Waals surface area contributed by atoms with Gasteiger partial charge >= 0.3 is 6.09 Å². The minimum Gasteiger partial charge on any atom is -0.494 e. The molecule has 4 aromatic rings. The van der Waals surface area contributed by atoms with Gasteiger partial charge in [-0.15, -0.1) is 0 Å². The monoisotopic (exact) mass is 564 g/mol. The van der Waals surface area contributed by atoms with E-state index in [0.717, 1.165) is 37.8 Å². The Balaban J connectivity index is 1.35. The van der Waals surface area contributed by atoms with Gasteiger partial charge in [-0.05, 0) is 37.6 Å². The van der Waals surface area contributed by atoms with Crippen LogP contribution in [0.4, 0.5) is 19.4 Å².